The van der Waals surface area contributed by atoms with Crippen molar-refractivity contribution in [1.29, 1.82) is 0 Å². The van der Waals surface area contributed by atoms with Crippen molar-refractivity contribution in [3.63, 3.8) is 0 Å². The van der Waals surface area contributed by atoms with Crippen LogP contribution in [-0.2, 0) is 9.47 Å². The second-order valence-corrected chi connectivity index (χ2v) is 2.18. The number of ether oxygens (including phenoxy) is 2. The molecule has 0 atom stereocenters. The fourth-order valence-electron chi connectivity index (χ4n) is 0.675. The van der Waals surface area contributed by atoms with Gasteiger partial charge in [0.1, 0.15) is 0 Å². The first kappa shape index (κ1) is 12.4. The van der Waals surface area contributed by atoms with Gasteiger partial charge in [-0.25, -0.2) is 0 Å². The van der Waals surface area contributed by atoms with E-state index in [1.807, 2.05) is 0 Å². The smallest absolute Gasteiger partial charge is 0.349 e. The Morgan fingerprint density at radius 1 is 1.15 bits per heavy atom. The molecule has 0 bridgehead atoms. The summed E-state index contributed by atoms with van der Waals surface area (Å²) in [5.41, 5.74) is 0. The second kappa shape index (κ2) is 5.99. The van der Waals surface area contributed by atoms with E-state index in [-0.39, 0.29) is 6.08 Å². The van der Waals surface area contributed by atoms with Crippen molar-refractivity contribution in [3.8, 4) is 0 Å². The molecule has 5 heteroatoms. The average Bonchev–Trinajstić information content (AvgIpc) is 2.00. The highest BCUT2D eigenvalue weighted by molar-refractivity contribution is 4.91. The van der Waals surface area contributed by atoms with Crippen LogP contribution in [0.25, 0.3) is 0 Å². The van der Waals surface area contributed by atoms with Crippen molar-refractivity contribution >= 4 is 0 Å². The number of hydrogen-bond acceptors (Lipinski definition) is 2. The molecule has 2 nitrogen and oxygen atoms in total. The standard InChI is InChI=1S/C8H13F3O2/c1-3-12-7(13-4-2)5-6-8(9,10)11/h5-7H,3-4H2,1-2H3/b6-5+. The van der Waals surface area contributed by atoms with Crippen molar-refractivity contribution < 1.29 is 22.6 Å². The zero-order valence-corrected chi connectivity index (χ0v) is 7.60. The molecule has 13 heavy (non-hydrogen) atoms. The molecule has 0 aliphatic heterocycles. The molecule has 0 aromatic rings. The predicted octanol–water partition coefficient (Wildman–Crippen LogP) is 2.50. The lowest BCUT2D eigenvalue weighted by atomic mass is 10.4. The van der Waals surface area contributed by atoms with Gasteiger partial charge in [0.15, 0.2) is 6.29 Å². The number of allylic oxidation sites excluding steroid dienone is 1. The third-order valence-electron chi connectivity index (χ3n) is 1.10. The third kappa shape index (κ3) is 7.80. The Balaban J connectivity index is 4.00. The van der Waals surface area contributed by atoms with Crippen molar-refractivity contribution in [2.45, 2.75) is 26.3 Å². The molecular weight excluding hydrogens is 185 g/mol. The van der Waals surface area contributed by atoms with Crippen LogP contribution in [0.5, 0.6) is 0 Å². The van der Waals surface area contributed by atoms with Crippen LogP contribution in [0.2, 0.25) is 0 Å². The Hall–Kier alpha value is -0.550. The van der Waals surface area contributed by atoms with Gasteiger partial charge in [-0.2, -0.15) is 13.2 Å². The van der Waals surface area contributed by atoms with E-state index in [9.17, 15) is 13.2 Å². The summed E-state index contributed by atoms with van der Waals surface area (Å²) in [5.74, 6) is 0. The minimum Gasteiger partial charge on any atom is -0.349 e. The Kier molecular flexibility index (Phi) is 5.73. The summed E-state index contributed by atoms with van der Waals surface area (Å²) in [6.45, 7) is 4.00. The Bertz CT molecular complexity index is 148. The van der Waals surface area contributed by atoms with Gasteiger partial charge in [0.2, 0.25) is 0 Å². The zero-order valence-electron chi connectivity index (χ0n) is 7.60. The van der Waals surface area contributed by atoms with Gasteiger partial charge in [-0.05, 0) is 19.9 Å². The lowest BCUT2D eigenvalue weighted by molar-refractivity contribution is -0.110. The van der Waals surface area contributed by atoms with Gasteiger partial charge in [-0.1, -0.05) is 0 Å². The van der Waals surface area contributed by atoms with E-state index < -0.39 is 12.5 Å². The summed E-state index contributed by atoms with van der Waals surface area (Å²) in [4.78, 5) is 0. The van der Waals surface area contributed by atoms with Crippen molar-refractivity contribution in [1.82, 2.24) is 0 Å². The van der Waals surface area contributed by atoms with Crippen LogP contribution in [-0.4, -0.2) is 25.7 Å². The van der Waals surface area contributed by atoms with Gasteiger partial charge in [0.05, 0.1) is 0 Å². The van der Waals surface area contributed by atoms with Crippen LogP contribution in [0.1, 0.15) is 13.8 Å². The fraction of sp³-hybridized carbons (Fsp3) is 0.750. The lowest BCUT2D eigenvalue weighted by Gasteiger charge is -2.12. The predicted molar refractivity (Wildman–Crippen MR) is 42.2 cm³/mol. The SMILES string of the molecule is CCOC(/C=C/C(F)(F)F)OCC. The van der Waals surface area contributed by atoms with Gasteiger partial charge in [0, 0.05) is 19.3 Å². The molecule has 0 saturated heterocycles. The number of hydrogen-bond donors (Lipinski definition) is 0. The summed E-state index contributed by atoms with van der Waals surface area (Å²) in [7, 11) is 0. The first-order chi connectivity index (χ1) is 5.99. The molecule has 0 fully saturated rings. The molecule has 0 spiro atoms. The average molecular weight is 198 g/mol. The summed E-state index contributed by atoms with van der Waals surface area (Å²) < 4.78 is 44.8. The molecule has 0 unspecified atom stereocenters. The third-order valence-corrected chi connectivity index (χ3v) is 1.10. The van der Waals surface area contributed by atoms with Gasteiger partial charge in [0.25, 0.3) is 0 Å². The number of rotatable bonds is 5. The maximum atomic E-state index is 11.7. The van der Waals surface area contributed by atoms with Crippen molar-refractivity contribution in [2.75, 3.05) is 13.2 Å². The minimum atomic E-state index is -4.31. The highest BCUT2D eigenvalue weighted by Gasteiger charge is 2.22. The van der Waals surface area contributed by atoms with Gasteiger partial charge in [-0.15, -0.1) is 0 Å². The normalized spacial score (nSPS) is 13.1. The van der Waals surface area contributed by atoms with Crippen LogP contribution in [0, 0.1) is 0 Å². The highest BCUT2D eigenvalue weighted by atomic mass is 19.4. The van der Waals surface area contributed by atoms with Crippen LogP contribution >= 0.6 is 0 Å². The van der Waals surface area contributed by atoms with Crippen LogP contribution in [0.3, 0.4) is 0 Å². The van der Waals surface area contributed by atoms with Crippen LogP contribution in [0.15, 0.2) is 12.2 Å². The summed E-state index contributed by atoms with van der Waals surface area (Å²) >= 11 is 0. The van der Waals surface area contributed by atoms with Gasteiger partial charge in [-0.3, -0.25) is 0 Å². The van der Waals surface area contributed by atoms with E-state index in [0.29, 0.717) is 13.2 Å². The molecule has 0 heterocycles. The van der Waals surface area contributed by atoms with Gasteiger partial charge >= 0.3 is 6.18 Å². The molecule has 0 aromatic carbocycles. The topological polar surface area (TPSA) is 18.5 Å². The molecule has 0 radical (unpaired) electrons. The van der Waals surface area contributed by atoms with Crippen LogP contribution in [0.4, 0.5) is 13.2 Å². The highest BCUT2D eigenvalue weighted by Crippen LogP contribution is 2.16. The van der Waals surface area contributed by atoms with E-state index in [4.69, 9.17) is 9.47 Å². The first-order valence-corrected chi connectivity index (χ1v) is 3.99. The molecular formula is C8H13F3O2. The van der Waals surface area contributed by atoms with E-state index in [2.05, 4.69) is 0 Å². The Morgan fingerprint density at radius 2 is 1.62 bits per heavy atom. The van der Waals surface area contributed by atoms with Crippen molar-refractivity contribution in [3.05, 3.63) is 12.2 Å². The lowest BCUT2D eigenvalue weighted by Crippen LogP contribution is -2.15. The summed E-state index contributed by atoms with van der Waals surface area (Å²) in [5, 5.41) is 0. The molecule has 78 valence electrons. The van der Waals surface area contributed by atoms with E-state index in [1.165, 1.54) is 0 Å². The Morgan fingerprint density at radius 3 is 1.92 bits per heavy atom. The Labute approximate surface area is 75.3 Å². The monoisotopic (exact) mass is 198 g/mol. The largest absolute Gasteiger partial charge is 0.409 e. The second-order valence-electron chi connectivity index (χ2n) is 2.18. The maximum absolute atomic E-state index is 11.7. The summed E-state index contributed by atoms with van der Waals surface area (Å²) in [6, 6.07) is 0. The van der Waals surface area contributed by atoms with Crippen LogP contribution < -0.4 is 0 Å². The molecule has 0 rings (SSSR count). The molecule has 0 aromatic heterocycles. The molecule has 0 aliphatic carbocycles. The molecule has 0 amide bonds. The molecule has 0 aliphatic rings. The van der Waals surface area contributed by atoms with Crippen molar-refractivity contribution in [2.24, 2.45) is 0 Å². The maximum Gasteiger partial charge on any atom is 0.409 e. The zero-order chi connectivity index (χ0) is 10.3. The molecule has 0 N–H and O–H groups in total. The summed E-state index contributed by atoms with van der Waals surface area (Å²) in [6.07, 6.45) is -4.25. The first-order valence-electron chi connectivity index (χ1n) is 3.99. The van der Waals surface area contributed by atoms with Gasteiger partial charge < -0.3 is 9.47 Å². The number of halogens is 3. The van der Waals surface area contributed by atoms with E-state index in [1.54, 1.807) is 13.8 Å². The van der Waals surface area contributed by atoms with E-state index >= 15 is 0 Å². The quantitative estimate of drug-likeness (QED) is 0.499. The molecule has 0 saturated carbocycles. The fourth-order valence-corrected chi connectivity index (χ4v) is 0.675. The van der Waals surface area contributed by atoms with E-state index in [0.717, 1.165) is 6.08 Å². The number of alkyl halides is 3. The minimum absolute atomic E-state index is 0.114.